The van der Waals surface area contributed by atoms with Gasteiger partial charge in [-0.1, -0.05) is 25.8 Å². The molecule has 0 saturated heterocycles. The molecule has 1 aromatic rings. The first-order valence-corrected chi connectivity index (χ1v) is 12.5. The van der Waals surface area contributed by atoms with Gasteiger partial charge in [-0.3, -0.25) is 10.0 Å². The van der Waals surface area contributed by atoms with E-state index >= 15 is 0 Å². The summed E-state index contributed by atoms with van der Waals surface area (Å²) in [6.45, 7) is 7.04. The topological polar surface area (TPSA) is 55.8 Å². The first kappa shape index (κ1) is 25.8. The smallest absolute Gasteiger partial charge is 0.243 e. The van der Waals surface area contributed by atoms with E-state index in [-0.39, 0.29) is 5.91 Å². The molecule has 0 saturated carbocycles. The van der Waals surface area contributed by atoms with Gasteiger partial charge in [0.05, 0.1) is 0 Å². The fourth-order valence-electron chi connectivity index (χ4n) is 4.27. The Morgan fingerprint density at radius 1 is 1.19 bits per heavy atom. The zero-order chi connectivity index (χ0) is 22.6. The minimum atomic E-state index is -0.302. The number of nitrogens with zero attached hydrogens (tertiary/aromatic N) is 2. The normalized spacial score (nSPS) is 15.8. The third-order valence-electron chi connectivity index (χ3n) is 5.99. The van der Waals surface area contributed by atoms with Gasteiger partial charge in [0.25, 0.3) is 0 Å². The minimum absolute atomic E-state index is 0.302. The molecular formula is C24H37Cl2N3O2. The van der Waals surface area contributed by atoms with Gasteiger partial charge in [-0.05, 0) is 62.3 Å². The van der Waals surface area contributed by atoms with Gasteiger partial charge < -0.3 is 9.80 Å². The summed E-state index contributed by atoms with van der Waals surface area (Å²) in [6, 6.07) is 6.78. The molecule has 0 spiro atoms. The largest absolute Gasteiger partial charge is 0.369 e. The van der Waals surface area contributed by atoms with Crippen LogP contribution in [0.3, 0.4) is 0 Å². The Morgan fingerprint density at radius 2 is 1.90 bits per heavy atom. The van der Waals surface area contributed by atoms with Crippen molar-refractivity contribution in [2.24, 2.45) is 0 Å². The molecule has 31 heavy (non-hydrogen) atoms. The lowest BCUT2D eigenvalue weighted by Gasteiger charge is -2.30. The maximum atomic E-state index is 11.1. The second-order valence-electron chi connectivity index (χ2n) is 8.13. The lowest BCUT2D eigenvalue weighted by Crippen LogP contribution is -2.28. The molecule has 2 rings (SSSR count). The first-order valence-electron chi connectivity index (χ1n) is 11.5. The van der Waals surface area contributed by atoms with Gasteiger partial charge in [-0.2, -0.15) is 0 Å². The number of amides is 1. The molecule has 0 radical (unpaired) electrons. The summed E-state index contributed by atoms with van der Waals surface area (Å²) in [5.41, 5.74) is 6.97. The SMILES string of the molecule is CCN1C(CCCCCCC(=O)NO)=CCC(C)c2cc(N(CCCl)CCCl)ccc21. The number of hydrogen-bond acceptors (Lipinski definition) is 4. The number of benzene rings is 1. The van der Waals surface area contributed by atoms with Gasteiger partial charge >= 0.3 is 0 Å². The molecular weight excluding hydrogens is 433 g/mol. The van der Waals surface area contributed by atoms with E-state index in [0.717, 1.165) is 58.2 Å². The van der Waals surface area contributed by atoms with Gasteiger partial charge in [0.15, 0.2) is 0 Å². The summed E-state index contributed by atoms with van der Waals surface area (Å²) < 4.78 is 0. The summed E-state index contributed by atoms with van der Waals surface area (Å²) >= 11 is 12.0. The van der Waals surface area contributed by atoms with Crippen LogP contribution < -0.4 is 15.3 Å². The average Bonchev–Trinajstić information content (AvgIpc) is 2.91. The number of rotatable bonds is 13. The number of halogens is 2. The van der Waals surface area contributed by atoms with Gasteiger partial charge in [-0.15, -0.1) is 23.2 Å². The Morgan fingerprint density at radius 3 is 2.55 bits per heavy atom. The van der Waals surface area contributed by atoms with Crippen molar-refractivity contribution in [2.75, 3.05) is 41.2 Å². The Hall–Kier alpha value is -1.43. The first-order chi connectivity index (χ1) is 15.0. The van der Waals surface area contributed by atoms with Crippen LogP contribution in [0.2, 0.25) is 0 Å². The highest BCUT2D eigenvalue weighted by atomic mass is 35.5. The van der Waals surface area contributed by atoms with Crippen LogP contribution in [0.15, 0.2) is 30.0 Å². The maximum Gasteiger partial charge on any atom is 0.243 e. The number of carbonyl (C=O) groups is 1. The highest BCUT2D eigenvalue weighted by molar-refractivity contribution is 6.18. The van der Waals surface area contributed by atoms with E-state index in [4.69, 9.17) is 28.4 Å². The summed E-state index contributed by atoms with van der Waals surface area (Å²) in [4.78, 5) is 15.8. The van der Waals surface area contributed by atoms with Crippen LogP contribution >= 0.6 is 23.2 Å². The molecule has 1 aromatic carbocycles. The molecule has 0 fully saturated rings. The molecule has 1 unspecified atom stereocenters. The van der Waals surface area contributed by atoms with Crippen LogP contribution in [0.5, 0.6) is 0 Å². The highest BCUT2D eigenvalue weighted by Gasteiger charge is 2.22. The zero-order valence-corrected chi connectivity index (χ0v) is 20.4. The van der Waals surface area contributed by atoms with E-state index in [0.29, 0.717) is 24.1 Å². The Kier molecular flexibility index (Phi) is 11.6. The van der Waals surface area contributed by atoms with Crippen LogP contribution in [-0.2, 0) is 4.79 Å². The lowest BCUT2D eigenvalue weighted by atomic mass is 9.95. The molecule has 174 valence electrons. The Bertz CT molecular complexity index is 721. The zero-order valence-electron chi connectivity index (χ0n) is 18.9. The average molecular weight is 470 g/mol. The predicted octanol–water partition coefficient (Wildman–Crippen LogP) is 6.03. The minimum Gasteiger partial charge on any atom is -0.369 e. The molecule has 0 aromatic heterocycles. The van der Waals surface area contributed by atoms with Crippen molar-refractivity contribution in [3.63, 3.8) is 0 Å². The molecule has 5 nitrogen and oxygen atoms in total. The third kappa shape index (κ3) is 7.58. The number of allylic oxidation sites excluding steroid dienone is 2. The second-order valence-corrected chi connectivity index (χ2v) is 8.89. The van der Waals surface area contributed by atoms with Crippen LogP contribution in [0.1, 0.15) is 70.3 Å². The quantitative estimate of drug-likeness (QED) is 0.160. The molecule has 1 amide bonds. The van der Waals surface area contributed by atoms with E-state index < -0.39 is 0 Å². The van der Waals surface area contributed by atoms with Gasteiger partial charge in [-0.25, -0.2) is 5.48 Å². The van der Waals surface area contributed by atoms with Crippen molar-refractivity contribution in [1.29, 1.82) is 0 Å². The number of carbonyl (C=O) groups excluding carboxylic acids is 1. The number of unbranched alkanes of at least 4 members (excludes halogenated alkanes) is 3. The summed E-state index contributed by atoms with van der Waals surface area (Å²) in [5.74, 6) is 1.32. The summed E-state index contributed by atoms with van der Waals surface area (Å²) in [5, 5.41) is 8.57. The Balaban J connectivity index is 2.07. The monoisotopic (exact) mass is 469 g/mol. The van der Waals surface area contributed by atoms with Crippen molar-refractivity contribution in [3.8, 4) is 0 Å². The lowest BCUT2D eigenvalue weighted by molar-refractivity contribution is -0.129. The van der Waals surface area contributed by atoms with E-state index in [1.165, 1.54) is 22.6 Å². The number of alkyl halides is 2. The van der Waals surface area contributed by atoms with E-state index in [1.54, 1.807) is 5.48 Å². The van der Waals surface area contributed by atoms with Crippen molar-refractivity contribution in [2.45, 2.75) is 64.7 Å². The molecule has 2 N–H and O–H groups in total. The predicted molar refractivity (Wildman–Crippen MR) is 132 cm³/mol. The molecule has 1 heterocycles. The highest BCUT2D eigenvalue weighted by Crippen LogP contribution is 2.39. The summed E-state index contributed by atoms with van der Waals surface area (Å²) in [6.07, 6.45) is 8.86. The maximum absolute atomic E-state index is 11.1. The second kappa shape index (κ2) is 13.9. The van der Waals surface area contributed by atoms with Gasteiger partial charge in [0, 0.05) is 54.9 Å². The van der Waals surface area contributed by atoms with Crippen molar-refractivity contribution >= 4 is 40.5 Å². The Labute approximate surface area is 197 Å². The number of hydrogen-bond donors (Lipinski definition) is 2. The van der Waals surface area contributed by atoms with Crippen LogP contribution in [-0.4, -0.2) is 42.5 Å². The van der Waals surface area contributed by atoms with Crippen molar-refractivity contribution in [1.82, 2.24) is 5.48 Å². The summed E-state index contributed by atoms with van der Waals surface area (Å²) in [7, 11) is 0. The molecule has 0 bridgehead atoms. The van der Waals surface area contributed by atoms with E-state index in [9.17, 15) is 4.79 Å². The molecule has 1 aliphatic rings. The standard InChI is InChI=1S/C24H37Cl2N3O2/c1-3-29-20(8-6-4-5-7-9-24(30)27-31)11-10-19(2)22-18-21(12-13-23(22)29)28(16-14-25)17-15-26/h11-13,18-19,31H,3-10,14-17H2,1-2H3,(H,27,30). The van der Waals surface area contributed by atoms with Gasteiger partial charge in [0.2, 0.25) is 5.91 Å². The molecule has 1 atom stereocenters. The van der Waals surface area contributed by atoms with Crippen LogP contribution in [0.4, 0.5) is 11.4 Å². The molecule has 7 heteroatoms. The number of nitrogens with one attached hydrogen (secondary N) is 1. The van der Waals surface area contributed by atoms with Crippen molar-refractivity contribution < 1.29 is 10.0 Å². The number of hydroxylamine groups is 1. The number of fused-ring (bicyclic) bond motifs is 1. The van der Waals surface area contributed by atoms with E-state index in [2.05, 4.69) is 47.9 Å². The van der Waals surface area contributed by atoms with Crippen LogP contribution in [0.25, 0.3) is 0 Å². The molecule has 1 aliphatic heterocycles. The van der Waals surface area contributed by atoms with Crippen molar-refractivity contribution in [3.05, 3.63) is 35.5 Å². The van der Waals surface area contributed by atoms with Gasteiger partial charge in [0.1, 0.15) is 0 Å². The number of anilines is 2. The van der Waals surface area contributed by atoms with Crippen LogP contribution in [0, 0.1) is 0 Å². The fourth-order valence-corrected chi connectivity index (χ4v) is 4.68. The van der Waals surface area contributed by atoms with E-state index in [1.807, 2.05) is 0 Å². The molecule has 0 aliphatic carbocycles. The fraction of sp³-hybridized carbons (Fsp3) is 0.625. The third-order valence-corrected chi connectivity index (χ3v) is 6.33.